The number of halogens is 2. The minimum Gasteiger partial charge on any atom is -0.388 e. The van der Waals surface area contributed by atoms with E-state index in [1.165, 1.54) is 16.7 Å². The molecule has 116 valence electrons. The van der Waals surface area contributed by atoms with Gasteiger partial charge in [-0.1, -0.05) is 35.3 Å². The van der Waals surface area contributed by atoms with Gasteiger partial charge in [0.15, 0.2) is 0 Å². The van der Waals surface area contributed by atoms with Crippen LogP contribution in [0, 0.1) is 0 Å². The fourth-order valence-electron chi connectivity index (χ4n) is 3.37. The van der Waals surface area contributed by atoms with Crippen LogP contribution in [0.2, 0.25) is 10.0 Å². The second kappa shape index (κ2) is 6.49. The highest BCUT2D eigenvalue weighted by Crippen LogP contribution is 2.43. The van der Waals surface area contributed by atoms with Crippen molar-refractivity contribution in [3.05, 3.63) is 63.1 Å². The molecule has 2 aromatic carbocycles. The van der Waals surface area contributed by atoms with E-state index >= 15 is 0 Å². The SMILES string of the molecule is CNc1ccc2c(c1)[C@@H](NC)CCC2c1ccc(Cl)c(Cl)c1. The third-order valence-corrected chi connectivity index (χ3v) is 5.30. The van der Waals surface area contributed by atoms with E-state index in [9.17, 15) is 0 Å². The molecule has 0 radical (unpaired) electrons. The third kappa shape index (κ3) is 2.83. The molecule has 1 aliphatic rings. The van der Waals surface area contributed by atoms with Crippen LogP contribution in [-0.4, -0.2) is 14.1 Å². The first-order valence-corrected chi connectivity index (χ1v) is 8.33. The number of hydrogen-bond donors (Lipinski definition) is 2. The summed E-state index contributed by atoms with van der Waals surface area (Å²) >= 11 is 12.3. The zero-order valence-corrected chi connectivity index (χ0v) is 14.3. The Labute approximate surface area is 141 Å². The van der Waals surface area contributed by atoms with Crippen molar-refractivity contribution in [2.45, 2.75) is 24.8 Å². The van der Waals surface area contributed by atoms with Crippen LogP contribution in [0.3, 0.4) is 0 Å². The van der Waals surface area contributed by atoms with Crippen LogP contribution < -0.4 is 10.6 Å². The largest absolute Gasteiger partial charge is 0.388 e. The number of hydrogen-bond acceptors (Lipinski definition) is 2. The summed E-state index contributed by atoms with van der Waals surface area (Å²) in [6.45, 7) is 0. The quantitative estimate of drug-likeness (QED) is 0.803. The van der Waals surface area contributed by atoms with E-state index in [0.29, 0.717) is 22.0 Å². The highest BCUT2D eigenvalue weighted by Gasteiger charge is 2.27. The minimum absolute atomic E-state index is 0.375. The molecular weight excluding hydrogens is 315 g/mol. The van der Waals surface area contributed by atoms with Crippen molar-refractivity contribution in [2.75, 3.05) is 19.4 Å². The van der Waals surface area contributed by atoms with E-state index < -0.39 is 0 Å². The predicted molar refractivity (Wildman–Crippen MR) is 95.3 cm³/mol. The molecule has 0 aromatic heterocycles. The van der Waals surface area contributed by atoms with Crippen molar-refractivity contribution in [1.82, 2.24) is 5.32 Å². The van der Waals surface area contributed by atoms with Crippen molar-refractivity contribution in [2.24, 2.45) is 0 Å². The molecule has 2 N–H and O–H groups in total. The summed E-state index contributed by atoms with van der Waals surface area (Å²) in [5.41, 5.74) is 5.14. The van der Waals surface area contributed by atoms with E-state index in [4.69, 9.17) is 23.2 Å². The van der Waals surface area contributed by atoms with Gasteiger partial charge in [0.25, 0.3) is 0 Å². The molecule has 0 heterocycles. The Kier molecular flexibility index (Phi) is 4.62. The zero-order valence-electron chi connectivity index (χ0n) is 12.8. The Morgan fingerprint density at radius 1 is 0.909 bits per heavy atom. The standard InChI is InChI=1S/C18H20Cl2N2/c1-21-12-4-5-14-13(6-8-18(22-2)15(14)10-12)11-3-7-16(19)17(20)9-11/h3-5,7,9-10,13,18,21-22H,6,8H2,1-2H3/t13?,18-/m0/s1. The minimum atomic E-state index is 0.375. The maximum atomic E-state index is 6.21. The lowest BCUT2D eigenvalue weighted by molar-refractivity contribution is 0.471. The topological polar surface area (TPSA) is 24.1 Å². The Balaban J connectivity index is 2.06. The van der Waals surface area contributed by atoms with E-state index in [2.05, 4.69) is 34.9 Å². The fraction of sp³-hybridized carbons (Fsp3) is 0.333. The average molecular weight is 335 g/mol. The smallest absolute Gasteiger partial charge is 0.0595 e. The first-order valence-electron chi connectivity index (χ1n) is 7.58. The maximum Gasteiger partial charge on any atom is 0.0595 e. The zero-order chi connectivity index (χ0) is 15.7. The molecule has 0 saturated heterocycles. The molecule has 0 aliphatic heterocycles. The van der Waals surface area contributed by atoms with Crippen LogP contribution in [0.25, 0.3) is 0 Å². The summed E-state index contributed by atoms with van der Waals surface area (Å²) in [6, 6.07) is 13.0. The molecule has 3 rings (SSSR count). The van der Waals surface area contributed by atoms with E-state index in [-0.39, 0.29) is 0 Å². The molecule has 4 heteroatoms. The Bertz CT molecular complexity index is 685. The van der Waals surface area contributed by atoms with Crippen molar-refractivity contribution in [1.29, 1.82) is 0 Å². The van der Waals surface area contributed by atoms with Crippen LogP contribution in [0.1, 0.15) is 41.5 Å². The van der Waals surface area contributed by atoms with Crippen LogP contribution in [0.5, 0.6) is 0 Å². The lowest BCUT2D eigenvalue weighted by Gasteiger charge is -2.32. The lowest BCUT2D eigenvalue weighted by atomic mass is 9.76. The normalized spacial score (nSPS) is 20.5. The van der Waals surface area contributed by atoms with Gasteiger partial charge in [-0.3, -0.25) is 0 Å². The molecule has 0 amide bonds. The van der Waals surface area contributed by atoms with Crippen molar-refractivity contribution in [3.8, 4) is 0 Å². The molecule has 2 atom stereocenters. The van der Waals surface area contributed by atoms with Crippen LogP contribution in [-0.2, 0) is 0 Å². The molecule has 0 bridgehead atoms. The summed E-state index contributed by atoms with van der Waals surface area (Å²) in [6.07, 6.45) is 2.22. The molecule has 0 fully saturated rings. The van der Waals surface area contributed by atoms with E-state index in [1.807, 2.05) is 26.2 Å². The molecule has 1 unspecified atom stereocenters. The Morgan fingerprint density at radius 3 is 2.41 bits per heavy atom. The van der Waals surface area contributed by atoms with E-state index in [1.54, 1.807) is 0 Å². The van der Waals surface area contributed by atoms with Crippen LogP contribution >= 0.6 is 23.2 Å². The predicted octanol–water partition coefficient (Wildman–Crippen LogP) is 5.22. The first-order chi connectivity index (χ1) is 10.6. The third-order valence-electron chi connectivity index (χ3n) is 4.56. The molecule has 2 nitrogen and oxygen atoms in total. The fourth-order valence-corrected chi connectivity index (χ4v) is 3.68. The van der Waals surface area contributed by atoms with Crippen LogP contribution in [0.15, 0.2) is 36.4 Å². The average Bonchev–Trinajstić information content (AvgIpc) is 2.55. The van der Waals surface area contributed by atoms with Gasteiger partial charge in [0, 0.05) is 24.7 Å². The van der Waals surface area contributed by atoms with Gasteiger partial charge in [0.05, 0.1) is 10.0 Å². The van der Waals surface area contributed by atoms with Crippen molar-refractivity contribution < 1.29 is 0 Å². The van der Waals surface area contributed by atoms with Gasteiger partial charge < -0.3 is 10.6 Å². The summed E-state index contributed by atoms with van der Waals surface area (Å²) in [4.78, 5) is 0. The van der Waals surface area contributed by atoms with Gasteiger partial charge >= 0.3 is 0 Å². The second-order valence-electron chi connectivity index (χ2n) is 5.74. The molecule has 1 aliphatic carbocycles. The summed E-state index contributed by atoms with van der Waals surface area (Å²) in [7, 11) is 3.98. The molecule has 0 saturated carbocycles. The first kappa shape index (κ1) is 15.7. The van der Waals surface area contributed by atoms with Crippen molar-refractivity contribution in [3.63, 3.8) is 0 Å². The number of nitrogens with one attached hydrogen (secondary N) is 2. The van der Waals surface area contributed by atoms with E-state index in [0.717, 1.165) is 18.5 Å². The van der Waals surface area contributed by atoms with Gasteiger partial charge in [-0.25, -0.2) is 0 Å². The molecular formula is C18H20Cl2N2. The monoisotopic (exact) mass is 334 g/mol. The Morgan fingerprint density at radius 2 is 1.73 bits per heavy atom. The number of anilines is 1. The van der Waals surface area contributed by atoms with Gasteiger partial charge in [-0.2, -0.15) is 0 Å². The number of rotatable bonds is 3. The summed E-state index contributed by atoms with van der Waals surface area (Å²) in [5, 5.41) is 7.89. The van der Waals surface area contributed by atoms with Gasteiger partial charge in [0.1, 0.15) is 0 Å². The molecule has 0 spiro atoms. The van der Waals surface area contributed by atoms with Gasteiger partial charge in [0.2, 0.25) is 0 Å². The summed E-state index contributed by atoms with van der Waals surface area (Å²) < 4.78 is 0. The number of benzene rings is 2. The highest BCUT2D eigenvalue weighted by molar-refractivity contribution is 6.42. The summed E-state index contributed by atoms with van der Waals surface area (Å²) in [5.74, 6) is 0.375. The maximum absolute atomic E-state index is 6.21. The molecule has 22 heavy (non-hydrogen) atoms. The molecule has 2 aromatic rings. The number of fused-ring (bicyclic) bond motifs is 1. The Hall–Kier alpha value is -1.22. The second-order valence-corrected chi connectivity index (χ2v) is 6.55. The van der Waals surface area contributed by atoms with Gasteiger partial charge in [-0.05, 0) is 60.8 Å². The van der Waals surface area contributed by atoms with Gasteiger partial charge in [-0.15, -0.1) is 0 Å². The highest BCUT2D eigenvalue weighted by atomic mass is 35.5. The van der Waals surface area contributed by atoms with Crippen molar-refractivity contribution >= 4 is 28.9 Å². The van der Waals surface area contributed by atoms with Crippen LogP contribution in [0.4, 0.5) is 5.69 Å². The lowest BCUT2D eigenvalue weighted by Crippen LogP contribution is -2.24.